The number of hydrogen-bond acceptors (Lipinski definition) is 4. The first kappa shape index (κ1) is 26.8. The number of benzene rings is 1. The number of nitrogens with zero attached hydrogens (tertiary/aromatic N) is 2. The summed E-state index contributed by atoms with van der Waals surface area (Å²) in [6.45, 7) is -2.81. The van der Waals surface area contributed by atoms with Crippen molar-refractivity contribution < 1.29 is 22.6 Å². The molecule has 2 aliphatic heterocycles. The van der Waals surface area contributed by atoms with Gasteiger partial charge in [0.15, 0.2) is 18.0 Å². The van der Waals surface area contributed by atoms with E-state index in [2.05, 4.69) is 5.32 Å². The van der Waals surface area contributed by atoms with Crippen LogP contribution in [0.5, 0.6) is 5.75 Å². The van der Waals surface area contributed by atoms with Gasteiger partial charge in [-0.2, -0.15) is 0 Å². The van der Waals surface area contributed by atoms with Gasteiger partial charge in [-0.3, -0.25) is 4.79 Å². The Balaban J connectivity index is 1.21. The number of thiophene rings is 1. The molecule has 0 spiro atoms. The maximum absolute atomic E-state index is 15.9. The number of halogens is 2. The van der Waals surface area contributed by atoms with Gasteiger partial charge in [-0.05, 0) is 66.7 Å². The van der Waals surface area contributed by atoms with E-state index in [1.807, 2.05) is 29.6 Å². The molecule has 39 heavy (non-hydrogen) atoms. The van der Waals surface area contributed by atoms with Gasteiger partial charge in [-0.15, -0.1) is 11.3 Å². The maximum Gasteiger partial charge on any atom is 0.737 e. The largest absolute Gasteiger partial charge is 0.737 e. The second-order valence-electron chi connectivity index (χ2n) is 9.52. The monoisotopic (exact) mass is 548 g/mol. The molecule has 3 N–H and O–H groups in total. The van der Waals surface area contributed by atoms with Crippen molar-refractivity contribution in [3.05, 3.63) is 93.6 Å². The predicted molar refractivity (Wildman–Crippen MR) is 155 cm³/mol. The number of unbranched alkanes of at least 4 members (excludes halogenated alkanes) is 3. The van der Waals surface area contributed by atoms with E-state index in [9.17, 15) is 4.79 Å². The lowest BCUT2D eigenvalue weighted by molar-refractivity contribution is -0.360. The highest BCUT2D eigenvalue weighted by Crippen LogP contribution is 2.34. The van der Waals surface area contributed by atoms with Crippen molar-refractivity contribution in [2.24, 2.45) is 5.73 Å². The van der Waals surface area contributed by atoms with Crippen LogP contribution < -0.4 is 15.8 Å². The van der Waals surface area contributed by atoms with Crippen LogP contribution in [0.25, 0.3) is 18.2 Å². The molecule has 1 aromatic carbocycles. The van der Waals surface area contributed by atoms with Gasteiger partial charge < -0.3 is 33.4 Å². The Labute approximate surface area is 230 Å². The summed E-state index contributed by atoms with van der Waals surface area (Å²) in [5, 5.41) is 4.74. The van der Waals surface area contributed by atoms with Gasteiger partial charge in [0.1, 0.15) is 5.75 Å². The molecule has 4 heterocycles. The van der Waals surface area contributed by atoms with Crippen molar-refractivity contribution in [3.63, 3.8) is 0 Å². The van der Waals surface area contributed by atoms with Crippen molar-refractivity contribution >= 4 is 48.2 Å². The second kappa shape index (κ2) is 12.0. The third-order valence-electron chi connectivity index (χ3n) is 6.77. The zero-order chi connectivity index (χ0) is 27.2. The summed E-state index contributed by atoms with van der Waals surface area (Å²) in [6, 6.07) is 14.3. The number of carbonyl (C=O) groups excluding carboxylic acids is 1. The number of allylic oxidation sites excluding steroid dienone is 2. The van der Waals surface area contributed by atoms with E-state index in [4.69, 9.17) is 10.5 Å². The summed E-state index contributed by atoms with van der Waals surface area (Å²) in [5.74, 6) is 0.402. The van der Waals surface area contributed by atoms with Crippen molar-refractivity contribution in [2.75, 3.05) is 19.7 Å². The third kappa shape index (κ3) is 5.97. The summed E-state index contributed by atoms with van der Waals surface area (Å²) in [7, 11) is 0. The van der Waals surface area contributed by atoms with Crippen LogP contribution in [0.1, 0.15) is 47.5 Å². The van der Waals surface area contributed by atoms with Gasteiger partial charge in [0.2, 0.25) is 0 Å². The fraction of sp³-hybridized carbons (Fsp3) is 0.241. The minimum Gasteiger partial charge on any atom is -0.484 e. The van der Waals surface area contributed by atoms with E-state index in [0.29, 0.717) is 41.6 Å². The highest BCUT2D eigenvalue weighted by Gasteiger charge is 2.52. The molecule has 0 saturated carbocycles. The first-order chi connectivity index (χ1) is 19.0. The standard InChI is InChI=1S/C29H31BF2N4O2S/c31-30(32)35-23(11-12-24(35)20-25-13-16-27(36(25)30)28-6-5-19-39-28)10-7-22-8-14-26(15-9-22)38-21-29(37)34-18-4-2-1-3-17-33/h5-16,19-20H,1-4,17-18,21,33H2,(H,34,37). The van der Waals surface area contributed by atoms with Gasteiger partial charge >= 0.3 is 6.97 Å². The van der Waals surface area contributed by atoms with Crippen molar-refractivity contribution in [2.45, 2.75) is 25.7 Å². The predicted octanol–water partition coefficient (Wildman–Crippen LogP) is 5.38. The molecular formula is C29H31BF2N4O2S. The molecule has 0 aliphatic carbocycles. The van der Waals surface area contributed by atoms with Gasteiger partial charge in [-0.25, -0.2) is 0 Å². The van der Waals surface area contributed by atoms with E-state index in [0.717, 1.165) is 45.1 Å². The van der Waals surface area contributed by atoms with Crippen LogP contribution in [0.15, 0.2) is 71.8 Å². The van der Waals surface area contributed by atoms with Gasteiger partial charge in [0, 0.05) is 36.2 Å². The van der Waals surface area contributed by atoms with Crippen LogP contribution in [-0.4, -0.2) is 47.2 Å². The molecule has 10 heteroatoms. The van der Waals surface area contributed by atoms with E-state index >= 15 is 8.63 Å². The van der Waals surface area contributed by atoms with Crippen LogP contribution >= 0.6 is 11.3 Å². The Morgan fingerprint density at radius 1 is 1.05 bits per heavy atom. The Bertz CT molecular complexity index is 1440. The van der Waals surface area contributed by atoms with Crippen LogP contribution in [-0.2, 0) is 4.79 Å². The first-order valence-electron chi connectivity index (χ1n) is 13.2. The number of ether oxygens (including phenoxy) is 1. The number of aromatic nitrogens is 1. The number of hydrogen-bond donors (Lipinski definition) is 2. The minimum absolute atomic E-state index is 0.0587. The minimum atomic E-state index is -4.08. The molecule has 0 saturated heterocycles. The third-order valence-corrected chi connectivity index (χ3v) is 7.66. The number of nitrogens with one attached hydrogen (secondary N) is 1. The summed E-state index contributed by atoms with van der Waals surface area (Å²) in [6.07, 6.45) is 12.8. The Kier molecular flexibility index (Phi) is 8.23. The molecule has 5 rings (SSSR count). The molecule has 6 nitrogen and oxygen atoms in total. The van der Waals surface area contributed by atoms with Gasteiger partial charge in [-0.1, -0.05) is 37.1 Å². The number of carbonyl (C=O) groups is 1. The molecule has 1 amide bonds. The molecule has 0 atom stereocenters. The summed E-state index contributed by atoms with van der Waals surface area (Å²) >= 11 is 1.44. The number of rotatable bonds is 12. The molecule has 202 valence electrons. The number of nitrogens with two attached hydrogens (primary N) is 1. The highest BCUT2D eigenvalue weighted by atomic mass is 32.1. The van der Waals surface area contributed by atoms with E-state index in [1.54, 1.807) is 54.6 Å². The quantitative estimate of drug-likeness (QED) is 0.236. The normalized spacial score (nSPS) is 15.4. The zero-order valence-electron chi connectivity index (χ0n) is 21.6. The van der Waals surface area contributed by atoms with Crippen molar-refractivity contribution in [3.8, 4) is 5.75 Å². The molecule has 0 bridgehead atoms. The molecule has 0 radical (unpaired) electrons. The zero-order valence-corrected chi connectivity index (χ0v) is 22.4. The molecule has 2 aromatic heterocycles. The van der Waals surface area contributed by atoms with E-state index in [1.165, 1.54) is 11.3 Å². The summed E-state index contributed by atoms with van der Waals surface area (Å²) < 4.78 is 39.7. The molecule has 0 unspecified atom stereocenters. The van der Waals surface area contributed by atoms with E-state index in [-0.39, 0.29) is 12.5 Å². The molecule has 0 fully saturated rings. The van der Waals surface area contributed by atoms with Gasteiger partial charge in [0.05, 0.1) is 4.88 Å². The Hall–Kier alpha value is -3.76. The Morgan fingerprint density at radius 3 is 2.64 bits per heavy atom. The smallest absolute Gasteiger partial charge is 0.484 e. The molecule has 3 aromatic rings. The first-order valence-corrected chi connectivity index (χ1v) is 14.1. The number of amides is 1. The molecular weight excluding hydrogens is 517 g/mol. The van der Waals surface area contributed by atoms with Crippen molar-refractivity contribution in [1.29, 1.82) is 0 Å². The highest BCUT2D eigenvalue weighted by molar-refractivity contribution is 7.12. The maximum atomic E-state index is 15.9. The SMILES string of the molecule is NCCCCCCNC(=O)COc1ccc(C=Cc2ccc3n2[B-](F)(F)[N+]2=C(c4cccs4)C=CC2=C3)cc1. The second-order valence-corrected chi connectivity index (χ2v) is 10.5. The molecule has 2 aliphatic rings. The number of fused-ring (bicyclic) bond motifs is 2. The van der Waals surface area contributed by atoms with Crippen LogP contribution in [0.3, 0.4) is 0 Å². The van der Waals surface area contributed by atoms with Gasteiger partial charge in [0.25, 0.3) is 5.91 Å². The van der Waals surface area contributed by atoms with Crippen LogP contribution in [0.2, 0.25) is 0 Å². The fourth-order valence-corrected chi connectivity index (χ4v) is 5.57. The topological polar surface area (TPSA) is 72.3 Å². The van der Waals surface area contributed by atoms with E-state index < -0.39 is 6.97 Å². The fourth-order valence-electron chi connectivity index (χ4n) is 4.82. The lowest BCUT2D eigenvalue weighted by atomic mass is 9.90. The van der Waals surface area contributed by atoms with Crippen molar-refractivity contribution in [1.82, 2.24) is 9.79 Å². The average Bonchev–Trinajstić information content (AvgIpc) is 3.69. The lowest BCUT2D eigenvalue weighted by Gasteiger charge is -2.30. The average molecular weight is 548 g/mol. The summed E-state index contributed by atoms with van der Waals surface area (Å²) in [4.78, 5) is 12.8. The Morgan fingerprint density at radius 2 is 1.87 bits per heavy atom. The summed E-state index contributed by atoms with van der Waals surface area (Å²) in [5.41, 5.74) is 8.21. The van der Waals surface area contributed by atoms with Crippen LogP contribution in [0, 0.1) is 0 Å². The lowest BCUT2D eigenvalue weighted by Crippen LogP contribution is -2.50. The van der Waals surface area contributed by atoms with Crippen LogP contribution in [0.4, 0.5) is 8.63 Å².